The lowest BCUT2D eigenvalue weighted by atomic mass is 10.1. The third-order valence-corrected chi connectivity index (χ3v) is 3.21. The van der Waals surface area contributed by atoms with E-state index in [2.05, 4.69) is 17.1 Å². The standard InChI is InChI=1S/C12H26N2O2/c1-4-13-11(10-15-2)9-14-7-5-12(16-3)6-8-14/h11-13H,4-10H2,1-3H3. The van der Waals surface area contributed by atoms with Crippen molar-refractivity contribution in [3.8, 4) is 0 Å². The van der Waals surface area contributed by atoms with E-state index in [-0.39, 0.29) is 0 Å². The zero-order valence-corrected chi connectivity index (χ0v) is 10.9. The molecule has 16 heavy (non-hydrogen) atoms. The van der Waals surface area contributed by atoms with Crippen LogP contribution >= 0.6 is 0 Å². The van der Waals surface area contributed by atoms with Crippen LogP contribution in [0.4, 0.5) is 0 Å². The molecule has 1 atom stereocenters. The van der Waals surface area contributed by atoms with E-state index < -0.39 is 0 Å². The third kappa shape index (κ3) is 4.78. The molecule has 1 saturated heterocycles. The smallest absolute Gasteiger partial charge is 0.0628 e. The van der Waals surface area contributed by atoms with Crippen LogP contribution in [0.5, 0.6) is 0 Å². The van der Waals surface area contributed by atoms with Crippen LogP contribution in [-0.4, -0.2) is 64.1 Å². The van der Waals surface area contributed by atoms with Gasteiger partial charge in [0.25, 0.3) is 0 Å². The van der Waals surface area contributed by atoms with Crippen LogP contribution < -0.4 is 5.32 Å². The van der Waals surface area contributed by atoms with Gasteiger partial charge in [0.1, 0.15) is 0 Å². The van der Waals surface area contributed by atoms with E-state index in [1.54, 1.807) is 7.11 Å². The predicted molar refractivity (Wildman–Crippen MR) is 65.8 cm³/mol. The topological polar surface area (TPSA) is 33.7 Å². The number of likely N-dealkylation sites (N-methyl/N-ethyl adjacent to an activating group) is 1. The number of rotatable bonds is 7. The average Bonchev–Trinajstić information content (AvgIpc) is 2.31. The Balaban J connectivity index is 2.24. The summed E-state index contributed by atoms with van der Waals surface area (Å²) in [6, 6.07) is 0.453. The molecular weight excluding hydrogens is 204 g/mol. The van der Waals surface area contributed by atoms with Gasteiger partial charge in [-0.05, 0) is 19.4 Å². The summed E-state index contributed by atoms with van der Waals surface area (Å²) in [5.41, 5.74) is 0. The first kappa shape index (κ1) is 13.9. The van der Waals surface area contributed by atoms with Crippen molar-refractivity contribution >= 4 is 0 Å². The van der Waals surface area contributed by atoms with Crippen LogP contribution in [0.15, 0.2) is 0 Å². The number of methoxy groups -OCH3 is 2. The quantitative estimate of drug-likeness (QED) is 0.699. The lowest BCUT2D eigenvalue weighted by Crippen LogP contribution is -2.47. The first-order chi connectivity index (χ1) is 7.80. The lowest BCUT2D eigenvalue weighted by Gasteiger charge is -2.33. The van der Waals surface area contributed by atoms with Crippen molar-refractivity contribution in [2.45, 2.75) is 31.9 Å². The molecule has 0 saturated carbocycles. The molecule has 1 rings (SSSR count). The summed E-state index contributed by atoms with van der Waals surface area (Å²) in [6.45, 7) is 7.30. The van der Waals surface area contributed by atoms with Crippen molar-refractivity contribution in [3.63, 3.8) is 0 Å². The molecule has 0 aromatic carbocycles. The normalized spacial score (nSPS) is 21.2. The molecule has 0 bridgehead atoms. The number of nitrogens with zero attached hydrogens (tertiary/aromatic N) is 1. The van der Waals surface area contributed by atoms with Gasteiger partial charge < -0.3 is 19.7 Å². The molecular formula is C12H26N2O2. The molecule has 4 nitrogen and oxygen atoms in total. The number of ether oxygens (including phenoxy) is 2. The maximum atomic E-state index is 5.37. The molecule has 0 spiro atoms. The molecule has 1 N–H and O–H groups in total. The minimum atomic E-state index is 0.453. The molecule has 0 aliphatic carbocycles. The van der Waals surface area contributed by atoms with Gasteiger partial charge in [0.05, 0.1) is 12.7 Å². The van der Waals surface area contributed by atoms with Crippen LogP contribution in [0.3, 0.4) is 0 Å². The van der Waals surface area contributed by atoms with E-state index in [1.165, 1.54) is 0 Å². The Morgan fingerprint density at radius 1 is 1.31 bits per heavy atom. The molecule has 4 heteroatoms. The highest BCUT2D eigenvalue weighted by Gasteiger charge is 2.20. The Morgan fingerprint density at radius 2 is 2.00 bits per heavy atom. The Kier molecular flexibility index (Phi) is 6.96. The SMILES string of the molecule is CCNC(COC)CN1CCC(OC)CC1. The van der Waals surface area contributed by atoms with Crippen LogP contribution in [0.1, 0.15) is 19.8 Å². The summed E-state index contributed by atoms with van der Waals surface area (Å²) in [4.78, 5) is 2.50. The molecule has 1 unspecified atom stereocenters. The summed E-state index contributed by atoms with van der Waals surface area (Å²) < 4.78 is 10.6. The largest absolute Gasteiger partial charge is 0.383 e. The summed E-state index contributed by atoms with van der Waals surface area (Å²) in [5.74, 6) is 0. The Labute approximate surface area is 99.3 Å². The van der Waals surface area contributed by atoms with E-state index in [1.807, 2.05) is 7.11 Å². The number of likely N-dealkylation sites (tertiary alicyclic amines) is 1. The van der Waals surface area contributed by atoms with Crippen molar-refractivity contribution in [2.75, 3.05) is 47.0 Å². The van der Waals surface area contributed by atoms with Gasteiger partial charge in [0.2, 0.25) is 0 Å². The first-order valence-electron chi connectivity index (χ1n) is 6.27. The highest BCUT2D eigenvalue weighted by molar-refractivity contribution is 4.77. The van der Waals surface area contributed by atoms with Gasteiger partial charge in [-0.15, -0.1) is 0 Å². The molecule has 1 aliphatic heterocycles. The summed E-state index contributed by atoms with van der Waals surface area (Å²) in [7, 11) is 3.58. The van der Waals surface area contributed by atoms with Gasteiger partial charge >= 0.3 is 0 Å². The fourth-order valence-electron chi connectivity index (χ4n) is 2.31. The number of nitrogens with one attached hydrogen (secondary N) is 1. The fourth-order valence-corrected chi connectivity index (χ4v) is 2.31. The second-order valence-corrected chi connectivity index (χ2v) is 4.45. The van der Waals surface area contributed by atoms with Gasteiger partial charge in [0.15, 0.2) is 0 Å². The maximum Gasteiger partial charge on any atom is 0.0628 e. The highest BCUT2D eigenvalue weighted by Crippen LogP contribution is 2.12. The van der Waals surface area contributed by atoms with Crippen molar-refractivity contribution in [1.82, 2.24) is 10.2 Å². The van der Waals surface area contributed by atoms with E-state index >= 15 is 0 Å². The molecule has 0 aromatic rings. The van der Waals surface area contributed by atoms with E-state index in [0.29, 0.717) is 12.1 Å². The van der Waals surface area contributed by atoms with Crippen LogP contribution in [-0.2, 0) is 9.47 Å². The Hall–Kier alpha value is -0.160. The Morgan fingerprint density at radius 3 is 2.50 bits per heavy atom. The van der Waals surface area contributed by atoms with Crippen LogP contribution in [0, 0.1) is 0 Å². The van der Waals surface area contributed by atoms with Gasteiger partial charge in [-0.1, -0.05) is 6.92 Å². The van der Waals surface area contributed by atoms with Crippen molar-refractivity contribution < 1.29 is 9.47 Å². The van der Waals surface area contributed by atoms with E-state index in [4.69, 9.17) is 9.47 Å². The molecule has 1 aliphatic rings. The van der Waals surface area contributed by atoms with Crippen molar-refractivity contribution in [2.24, 2.45) is 0 Å². The average molecular weight is 230 g/mol. The van der Waals surface area contributed by atoms with Crippen molar-refractivity contribution in [1.29, 1.82) is 0 Å². The lowest BCUT2D eigenvalue weighted by molar-refractivity contribution is 0.0344. The minimum Gasteiger partial charge on any atom is -0.383 e. The molecule has 1 fully saturated rings. The molecule has 1 heterocycles. The van der Waals surface area contributed by atoms with E-state index in [9.17, 15) is 0 Å². The van der Waals surface area contributed by atoms with Gasteiger partial charge in [-0.25, -0.2) is 0 Å². The maximum absolute atomic E-state index is 5.37. The predicted octanol–water partition coefficient (Wildman–Crippen LogP) is 0.722. The molecule has 0 aromatic heterocycles. The van der Waals surface area contributed by atoms with Gasteiger partial charge in [0, 0.05) is 39.9 Å². The highest BCUT2D eigenvalue weighted by atomic mass is 16.5. The van der Waals surface area contributed by atoms with Crippen LogP contribution in [0.25, 0.3) is 0 Å². The van der Waals surface area contributed by atoms with E-state index in [0.717, 1.165) is 45.6 Å². The Bertz CT molecular complexity index is 164. The van der Waals surface area contributed by atoms with Crippen molar-refractivity contribution in [3.05, 3.63) is 0 Å². The third-order valence-electron chi connectivity index (χ3n) is 3.21. The summed E-state index contributed by atoms with van der Waals surface area (Å²) in [5, 5.41) is 3.46. The second kappa shape index (κ2) is 8.01. The monoisotopic (exact) mass is 230 g/mol. The molecule has 0 amide bonds. The van der Waals surface area contributed by atoms with Gasteiger partial charge in [-0.3, -0.25) is 0 Å². The minimum absolute atomic E-state index is 0.453. The van der Waals surface area contributed by atoms with Crippen LogP contribution in [0.2, 0.25) is 0 Å². The first-order valence-corrected chi connectivity index (χ1v) is 6.27. The number of hydrogen-bond donors (Lipinski definition) is 1. The molecule has 0 radical (unpaired) electrons. The summed E-state index contributed by atoms with van der Waals surface area (Å²) in [6.07, 6.45) is 2.78. The summed E-state index contributed by atoms with van der Waals surface area (Å²) >= 11 is 0. The number of piperidine rings is 1. The zero-order chi connectivity index (χ0) is 11.8. The number of hydrogen-bond acceptors (Lipinski definition) is 4. The zero-order valence-electron chi connectivity index (χ0n) is 10.9. The fraction of sp³-hybridized carbons (Fsp3) is 1.00. The second-order valence-electron chi connectivity index (χ2n) is 4.45. The van der Waals surface area contributed by atoms with Gasteiger partial charge in [-0.2, -0.15) is 0 Å². The molecule has 96 valence electrons.